The van der Waals surface area contributed by atoms with Crippen LogP contribution in [0.15, 0.2) is 0 Å². The average Bonchev–Trinajstić information content (AvgIpc) is 2.32. The topological polar surface area (TPSA) is 15.3 Å². The van der Waals surface area contributed by atoms with Gasteiger partial charge >= 0.3 is 0 Å². The monoisotopic (exact) mass is 228 g/mol. The normalized spacial score (nSPS) is 15.4. The molecule has 1 N–H and O–H groups in total. The predicted octanol–water partition coefficient (Wildman–Crippen LogP) is 3.28. The van der Waals surface area contributed by atoms with Crippen LogP contribution in [0, 0.1) is 0 Å². The molecular formula is C14H32N2. The quantitative estimate of drug-likeness (QED) is 0.617. The number of likely N-dealkylation sites (N-methyl/N-ethyl adjacent to an activating group) is 1. The first-order chi connectivity index (χ1) is 7.69. The van der Waals surface area contributed by atoms with E-state index < -0.39 is 0 Å². The molecule has 2 unspecified atom stereocenters. The van der Waals surface area contributed by atoms with Crippen LogP contribution in [0.3, 0.4) is 0 Å². The van der Waals surface area contributed by atoms with E-state index >= 15 is 0 Å². The van der Waals surface area contributed by atoms with E-state index in [1.165, 1.54) is 38.8 Å². The maximum absolute atomic E-state index is 3.58. The van der Waals surface area contributed by atoms with E-state index in [-0.39, 0.29) is 0 Å². The molecule has 0 spiro atoms. The predicted molar refractivity (Wildman–Crippen MR) is 74.0 cm³/mol. The summed E-state index contributed by atoms with van der Waals surface area (Å²) >= 11 is 0. The third kappa shape index (κ3) is 6.49. The van der Waals surface area contributed by atoms with E-state index in [4.69, 9.17) is 0 Å². The van der Waals surface area contributed by atoms with Crippen molar-refractivity contribution < 1.29 is 0 Å². The molecular weight excluding hydrogens is 196 g/mol. The van der Waals surface area contributed by atoms with Gasteiger partial charge in [-0.3, -0.25) is 4.90 Å². The van der Waals surface area contributed by atoms with Crippen LogP contribution in [0.2, 0.25) is 0 Å². The van der Waals surface area contributed by atoms with Gasteiger partial charge in [0.25, 0.3) is 0 Å². The fourth-order valence-electron chi connectivity index (χ4n) is 2.02. The Kier molecular flexibility index (Phi) is 10.0. The summed E-state index contributed by atoms with van der Waals surface area (Å²) in [7, 11) is 0. The van der Waals surface area contributed by atoms with Gasteiger partial charge in [-0.1, -0.05) is 34.1 Å². The summed E-state index contributed by atoms with van der Waals surface area (Å²) < 4.78 is 0. The zero-order chi connectivity index (χ0) is 12.4. The summed E-state index contributed by atoms with van der Waals surface area (Å²) in [6.07, 6.45) is 5.11. The second kappa shape index (κ2) is 10.1. The lowest BCUT2D eigenvalue weighted by atomic mass is 10.1. The van der Waals surface area contributed by atoms with E-state index in [1.807, 2.05) is 0 Å². The van der Waals surface area contributed by atoms with Gasteiger partial charge in [-0.15, -0.1) is 0 Å². The molecule has 0 rings (SSSR count). The van der Waals surface area contributed by atoms with Crippen LogP contribution in [-0.4, -0.2) is 36.6 Å². The highest BCUT2D eigenvalue weighted by Gasteiger charge is 2.15. The summed E-state index contributed by atoms with van der Waals surface area (Å²) in [4.78, 5) is 2.65. The molecule has 0 heterocycles. The van der Waals surface area contributed by atoms with E-state index in [1.54, 1.807) is 0 Å². The smallest absolute Gasteiger partial charge is 0.0192 e. The van der Waals surface area contributed by atoms with Crippen molar-refractivity contribution in [3.8, 4) is 0 Å². The van der Waals surface area contributed by atoms with Crippen molar-refractivity contribution in [2.24, 2.45) is 0 Å². The van der Waals surface area contributed by atoms with Gasteiger partial charge in [0, 0.05) is 18.6 Å². The minimum atomic E-state index is 0.663. The molecule has 0 aliphatic carbocycles. The lowest BCUT2D eigenvalue weighted by Crippen LogP contribution is -2.44. The Morgan fingerprint density at radius 2 is 1.75 bits per heavy atom. The van der Waals surface area contributed by atoms with Gasteiger partial charge in [-0.25, -0.2) is 0 Å². The first-order valence-electron chi connectivity index (χ1n) is 7.16. The summed E-state index contributed by atoms with van der Waals surface area (Å²) in [6.45, 7) is 14.9. The molecule has 0 saturated heterocycles. The van der Waals surface area contributed by atoms with Crippen molar-refractivity contribution in [2.45, 2.75) is 72.4 Å². The molecule has 98 valence electrons. The first kappa shape index (κ1) is 15.9. The largest absolute Gasteiger partial charge is 0.313 e. The minimum Gasteiger partial charge on any atom is -0.313 e. The molecule has 0 radical (unpaired) electrons. The molecule has 0 amide bonds. The van der Waals surface area contributed by atoms with Crippen LogP contribution in [0.5, 0.6) is 0 Å². The van der Waals surface area contributed by atoms with Crippen molar-refractivity contribution >= 4 is 0 Å². The molecule has 2 nitrogen and oxygen atoms in total. The van der Waals surface area contributed by atoms with Gasteiger partial charge in [-0.2, -0.15) is 0 Å². The number of nitrogens with zero attached hydrogens (tertiary/aromatic N) is 1. The minimum absolute atomic E-state index is 0.663. The van der Waals surface area contributed by atoms with E-state index in [2.05, 4.69) is 44.8 Å². The highest BCUT2D eigenvalue weighted by molar-refractivity contribution is 4.74. The Labute approximate surface area is 103 Å². The van der Waals surface area contributed by atoms with Crippen molar-refractivity contribution in [1.82, 2.24) is 10.2 Å². The van der Waals surface area contributed by atoms with Crippen LogP contribution in [0.25, 0.3) is 0 Å². The van der Waals surface area contributed by atoms with Gasteiger partial charge in [0.1, 0.15) is 0 Å². The van der Waals surface area contributed by atoms with Gasteiger partial charge < -0.3 is 5.32 Å². The first-order valence-corrected chi connectivity index (χ1v) is 7.16. The Morgan fingerprint density at radius 3 is 2.19 bits per heavy atom. The molecule has 0 aromatic rings. The molecule has 0 aliphatic heterocycles. The summed E-state index contributed by atoms with van der Waals surface area (Å²) in [5.41, 5.74) is 0. The van der Waals surface area contributed by atoms with E-state index in [0.717, 1.165) is 12.6 Å². The van der Waals surface area contributed by atoms with Gasteiger partial charge in [-0.05, 0) is 39.3 Å². The molecule has 0 aliphatic rings. The van der Waals surface area contributed by atoms with Crippen LogP contribution in [0.1, 0.15) is 60.3 Å². The number of unbranched alkanes of at least 4 members (excludes halogenated alkanes) is 1. The van der Waals surface area contributed by atoms with Crippen molar-refractivity contribution in [3.05, 3.63) is 0 Å². The van der Waals surface area contributed by atoms with Crippen molar-refractivity contribution in [1.29, 1.82) is 0 Å². The molecule has 0 bridgehead atoms. The fraction of sp³-hybridized carbons (Fsp3) is 1.00. The maximum Gasteiger partial charge on any atom is 0.0192 e. The number of rotatable bonds is 10. The number of nitrogens with one attached hydrogen (secondary N) is 1. The van der Waals surface area contributed by atoms with Crippen LogP contribution < -0.4 is 5.32 Å². The lowest BCUT2D eigenvalue weighted by molar-refractivity contribution is 0.178. The van der Waals surface area contributed by atoms with Gasteiger partial charge in [0.15, 0.2) is 0 Å². The second-order valence-electron chi connectivity index (χ2n) is 4.77. The van der Waals surface area contributed by atoms with Gasteiger partial charge in [0.05, 0.1) is 0 Å². The number of hydrogen-bond acceptors (Lipinski definition) is 2. The molecule has 2 heteroatoms. The third-order valence-electron chi connectivity index (χ3n) is 3.45. The summed E-state index contributed by atoms with van der Waals surface area (Å²) in [5.74, 6) is 0. The Hall–Kier alpha value is -0.0800. The van der Waals surface area contributed by atoms with Crippen LogP contribution >= 0.6 is 0 Å². The number of hydrogen-bond donors (Lipinski definition) is 1. The zero-order valence-electron chi connectivity index (χ0n) is 12.1. The fourth-order valence-corrected chi connectivity index (χ4v) is 2.02. The highest BCUT2D eigenvalue weighted by atomic mass is 15.2. The summed E-state index contributed by atoms with van der Waals surface area (Å²) in [5, 5.41) is 3.58. The lowest BCUT2D eigenvalue weighted by Gasteiger charge is -2.32. The third-order valence-corrected chi connectivity index (χ3v) is 3.45. The Morgan fingerprint density at radius 1 is 1.06 bits per heavy atom. The Bertz CT molecular complexity index is 148. The average molecular weight is 228 g/mol. The van der Waals surface area contributed by atoms with Gasteiger partial charge in [0.2, 0.25) is 0 Å². The summed E-state index contributed by atoms with van der Waals surface area (Å²) in [6, 6.07) is 1.38. The Balaban J connectivity index is 4.15. The van der Waals surface area contributed by atoms with Crippen molar-refractivity contribution in [2.75, 3.05) is 19.6 Å². The molecule has 2 atom stereocenters. The standard InChI is InChI=1S/C14H32N2/c1-6-10-11-16(13(5)7-2)12-14(8-3)15-9-4/h13-15H,6-12H2,1-5H3. The molecule has 0 aromatic heterocycles. The molecule has 0 fully saturated rings. The van der Waals surface area contributed by atoms with E-state index in [9.17, 15) is 0 Å². The van der Waals surface area contributed by atoms with E-state index in [0.29, 0.717) is 6.04 Å². The molecule has 16 heavy (non-hydrogen) atoms. The molecule has 0 aromatic carbocycles. The van der Waals surface area contributed by atoms with Crippen LogP contribution in [-0.2, 0) is 0 Å². The highest BCUT2D eigenvalue weighted by Crippen LogP contribution is 2.08. The SMILES string of the molecule is CCCCN(CC(CC)NCC)C(C)CC. The molecule has 0 saturated carbocycles. The second-order valence-corrected chi connectivity index (χ2v) is 4.77. The zero-order valence-corrected chi connectivity index (χ0v) is 12.1. The van der Waals surface area contributed by atoms with Crippen LogP contribution in [0.4, 0.5) is 0 Å². The van der Waals surface area contributed by atoms with Crippen molar-refractivity contribution in [3.63, 3.8) is 0 Å². The maximum atomic E-state index is 3.58.